The van der Waals surface area contributed by atoms with Crippen molar-refractivity contribution in [3.8, 4) is 0 Å². The van der Waals surface area contributed by atoms with E-state index in [1.54, 1.807) is 0 Å². The molecule has 3 nitrogen and oxygen atoms in total. The lowest BCUT2D eigenvalue weighted by molar-refractivity contribution is -0.132. The molecule has 20 heavy (non-hydrogen) atoms. The van der Waals surface area contributed by atoms with Crippen molar-refractivity contribution in [3.63, 3.8) is 0 Å². The molecular weight excluding hydrogens is 272 g/mol. The summed E-state index contributed by atoms with van der Waals surface area (Å²) >= 11 is 0. The Morgan fingerprint density at radius 1 is 1.30 bits per heavy atom. The highest BCUT2D eigenvalue weighted by Crippen LogP contribution is 2.29. The fourth-order valence-corrected chi connectivity index (χ4v) is 3.15. The maximum Gasteiger partial charge on any atom is 0.240 e. The van der Waals surface area contributed by atoms with Crippen LogP contribution < -0.4 is 5.32 Å². The highest BCUT2D eigenvalue weighted by Gasteiger charge is 2.35. The van der Waals surface area contributed by atoms with E-state index in [1.165, 1.54) is 11.1 Å². The van der Waals surface area contributed by atoms with Crippen molar-refractivity contribution in [2.24, 2.45) is 5.41 Å². The van der Waals surface area contributed by atoms with E-state index in [2.05, 4.69) is 43.4 Å². The summed E-state index contributed by atoms with van der Waals surface area (Å²) in [6, 6.07) is 8.37. The van der Waals surface area contributed by atoms with E-state index >= 15 is 0 Å². The van der Waals surface area contributed by atoms with E-state index < -0.39 is 0 Å². The van der Waals surface area contributed by atoms with Crippen LogP contribution in [0.25, 0.3) is 0 Å². The van der Waals surface area contributed by atoms with E-state index in [0.29, 0.717) is 0 Å². The lowest BCUT2D eigenvalue weighted by atomic mass is 9.93. The lowest BCUT2D eigenvalue weighted by Crippen LogP contribution is -2.49. The number of fused-ring (bicyclic) bond motifs is 1. The van der Waals surface area contributed by atoms with Crippen LogP contribution in [0.4, 0.5) is 0 Å². The number of hydrogen-bond donors (Lipinski definition) is 1. The number of benzene rings is 1. The van der Waals surface area contributed by atoms with Gasteiger partial charge in [0.05, 0.1) is 6.04 Å². The minimum Gasteiger partial charge on any atom is -0.341 e. The molecule has 2 heterocycles. The number of carbonyl (C=O) groups is 1. The summed E-state index contributed by atoms with van der Waals surface area (Å²) in [5.41, 5.74) is 2.92. The summed E-state index contributed by atoms with van der Waals surface area (Å²) < 4.78 is 0. The molecule has 1 atom stereocenters. The molecular formula is C16H23ClN2O. The third-order valence-corrected chi connectivity index (χ3v) is 4.37. The van der Waals surface area contributed by atoms with E-state index in [-0.39, 0.29) is 29.8 Å². The zero-order chi connectivity index (χ0) is 13.5. The fraction of sp³-hybridized carbons (Fsp3) is 0.562. The van der Waals surface area contributed by atoms with Gasteiger partial charge in [0, 0.05) is 19.6 Å². The molecule has 0 aliphatic carbocycles. The number of halogens is 1. The van der Waals surface area contributed by atoms with Gasteiger partial charge in [-0.25, -0.2) is 0 Å². The molecule has 1 aromatic rings. The second-order valence-corrected chi connectivity index (χ2v) is 6.58. The first-order valence-electron chi connectivity index (χ1n) is 7.14. The largest absolute Gasteiger partial charge is 0.341 e. The van der Waals surface area contributed by atoms with Crippen LogP contribution >= 0.6 is 12.4 Å². The van der Waals surface area contributed by atoms with Crippen molar-refractivity contribution in [3.05, 3.63) is 35.4 Å². The van der Waals surface area contributed by atoms with Crippen molar-refractivity contribution in [2.45, 2.75) is 39.3 Å². The van der Waals surface area contributed by atoms with Gasteiger partial charge in [-0.3, -0.25) is 4.79 Å². The molecule has 110 valence electrons. The molecule has 0 aromatic heterocycles. The topological polar surface area (TPSA) is 32.3 Å². The lowest BCUT2D eigenvalue weighted by Gasteiger charge is -2.29. The molecule has 2 aliphatic heterocycles. The van der Waals surface area contributed by atoms with Crippen LogP contribution in [-0.4, -0.2) is 29.9 Å². The van der Waals surface area contributed by atoms with Crippen molar-refractivity contribution < 1.29 is 4.79 Å². The fourth-order valence-electron chi connectivity index (χ4n) is 3.15. The van der Waals surface area contributed by atoms with Crippen LogP contribution in [0.3, 0.4) is 0 Å². The van der Waals surface area contributed by atoms with Gasteiger partial charge in [0.1, 0.15) is 0 Å². The van der Waals surface area contributed by atoms with E-state index in [4.69, 9.17) is 0 Å². The zero-order valence-electron chi connectivity index (χ0n) is 12.2. The average Bonchev–Trinajstić information content (AvgIpc) is 2.78. The number of carbonyl (C=O) groups excluding carboxylic acids is 1. The zero-order valence-corrected chi connectivity index (χ0v) is 13.0. The Labute approximate surface area is 127 Å². The Morgan fingerprint density at radius 2 is 2.00 bits per heavy atom. The van der Waals surface area contributed by atoms with Gasteiger partial charge in [0.25, 0.3) is 0 Å². The third-order valence-electron chi connectivity index (χ3n) is 4.37. The first-order valence-corrected chi connectivity index (χ1v) is 7.14. The molecule has 1 amide bonds. The molecule has 1 unspecified atom stereocenters. The maximum atomic E-state index is 12.6. The van der Waals surface area contributed by atoms with E-state index in [1.807, 2.05) is 4.90 Å². The van der Waals surface area contributed by atoms with Crippen LogP contribution in [0.1, 0.15) is 31.4 Å². The van der Waals surface area contributed by atoms with Crippen molar-refractivity contribution in [1.82, 2.24) is 10.2 Å². The molecule has 0 spiro atoms. The van der Waals surface area contributed by atoms with Gasteiger partial charge in [-0.05, 0) is 29.4 Å². The van der Waals surface area contributed by atoms with Crippen molar-refractivity contribution in [1.29, 1.82) is 0 Å². The van der Waals surface area contributed by atoms with Crippen LogP contribution in [0.15, 0.2) is 24.3 Å². The predicted octanol–water partition coefficient (Wildman–Crippen LogP) is 2.38. The molecule has 3 rings (SSSR count). The summed E-state index contributed by atoms with van der Waals surface area (Å²) in [6.07, 6.45) is 1.94. The number of amides is 1. The molecule has 1 saturated heterocycles. The van der Waals surface area contributed by atoms with Gasteiger partial charge in [-0.2, -0.15) is 0 Å². The van der Waals surface area contributed by atoms with E-state index in [9.17, 15) is 4.79 Å². The molecule has 0 saturated carbocycles. The van der Waals surface area contributed by atoms with Crippen LogP contribution in [0, 0.1) is 5.41 Å². The Balaban J connectivity index is 0.00000147. The summed E-state index contributed by atoms with van der Waals surface area (Å²) in [5, 5.41) is 3.39. The third kappa shape index (κ3) is 2.99. The minimum absolute atomic E-state index is 0. The Morgan fingerprint density at radius 3 is 2.65 bits per heavy atom. The summed E-state index contributed by atoms with van der Waals surface area (Å²) in [4.78, 5) is 14.6. The second-order valence-electron chi connectivity index (χ2n) is 6.58. The maximum absolute atomic E-state index is 12.6. The molecule has 1 fully saturated rings. The SMILES string of the molecule is CC1(C)CCN(C(=O)C2Cc3ccccc3CN2)C1.Cl. The predicted molar refractivity (Wildman–Crippen MR) is 83.0 cm³/mol. The number of nitrogens with zero attached hydrogens (tertiary/aromatic N) is 1. The summed E-state index contributed by atoms with van der Waals surface area (Å²) in [7, 11) is 0. The molecule has 1 N–H and O–H groups in total. The van der Waals surface area contributed by atoms with Gasteiger partial charge in [0.15, 0.2) is 0 Å². The van der Waals surface area contributed by atoms with Gasteiger partial charge in [0.2, 0.25) is 5.91 Å². The smallest absolute Gasteiger partial charge is 0.240 e. The summed E-state index contributed by atoms with van der Waals surface area (Å²) in [6.45, 7) is 7.09. The minimum atomic E-state index is -0.0381. The van der Waals surface area contributed by atoms with Gasteiger partial charge >= 0.3 is 0 Å². The number of nitrogens with one attached hydrogen (secondary N) is 1. The Bertz CT molecular complexity index is 501. The molecule has 0 radical (unpaired) electrons. The van der Waals surface area contributed by atoms with E-state index in [0.717, 1.165) is 32.5 Å². The van der Waals surface area contributed by atoms with Crippen molar-refractivity contribution in [2.75, 3.05) is 13.1 Å². The van der Waals surface area contributed by atoms with Gasteiger partial charge in [-0.1, -0.05) is 38.1 Å². The standard InChI is InChI=1S/C16H22N2O.ClH/c1-16(2)7-8-18(11-16)15(19)14-9-12-5-3-4-6-13(12)10-17-14;/h3-6,14,17H,7-11H2,1-2H3;1H. The monoisotopic (exact) mass is 294 g/mol. The highest BCUT2D eigenvalue weighted by atomic mass is 35.5. The Hall–Kier alpha value is -1.06. The van der Waals surface area contributed by atoms with Gasteiger partial charge < -0.3 is 10.2 Å². The first-order chi connectivity index (χ1) is 9.05. The highest BCUT2D eigenvalue weighted by molar-refractivity contribution is 5.85. The van der Waals surface area contributed by atoms with Crippen LogP contribution in [-0.2, 0) is 17.8 Å². The average molecular weight is 295 g/mol. The Kier molecular flexibility index (Phi) is 4.40. The number of likely N-dealkylation sites (tertiary alicyclic amines) is 1. The second kappa shape index (κ2) is 5.74. The van der Waals surface area contributed by atoms with Crippen LogP contribution in [0.2, 0.25) is 0 Å². The molecule has 4 heteroatoms. The quantitative estimate of drug-likeness (QED) is 0.862. The number of hydrogen-bond acceptors (Lipinski definition) is 2. The number of rotatable bonds is 1. The molecule has 1 aromatic carbocycles. The summed E-state index contributed by atoms with van der Waals surface area (Å²) in [5.74, 6) is 0.278. The first kappa shape index (κ1) is 15.3. The van der Waals surface area contributed by atoms with Gasteiger partial charge in [-0.15, -0.1) is 12.4 Å². The molecule has 0 bridgehead atoms. The normalized spacial score (nSPS) is 23.9. The van der Waals surface area contributed by atoms with Crippen molar-refractivity contribution >= 4 is 18.3 Å². The van der Waals surface area contributed by atoms with Crippen LogP contribution in [0.5, 0.6) is 0 Å². The molecule has 2 aliphatic rings.